The van der Waals surface area contributed by atoms with E-state index in [2.05, 4.69) is 126 Å². The lowest BCUT2D eigenvalue weighted by atomic mass is 9.80. The van der Waals surface area contributed by atoms with Crippen LogP contribution in [0, 0.1) is 27.7 Å². The molecule has 44 heavy (non-hydrogen) atoms. The predicted molar refractivity (Wildman–Crippen MR) is 180 cm³/mol. The number of amides is 2. The number of hydrogen-bond donors (Lipinski definition) is 0. The van der Waals surface area contributed by atoms with Crippen molar-refractivity contribution in [1.82, 2.24) is 9.80 Å². The maximum absolute atomic E-state index is 12.1. The SMILES string of the molecule is C=CC(=O)N1Cc2cccc(C)c2[C@@H](c2ccccc2C)C1.C=CC(=O)N1Cc2cccc(C)c2[C@H](c2ccccc2C)C1. The summed E-state index contributed by atoms with van der Waals surface area (Å²) in [5, 5.41) is 0. The molecule has 4 aromatic rings. The number of hydrogen-bond acceptors (Lipinski definition) is 2. The van der Waals surface area contributed by atoms with Crippen molar-refractivity contribution in [2.45, 2.75) is 52.6 Å². The van der Waals surface area contributed by atoms with Gasteiger partial charge in [-0.25, -0.2) is 0 Å². The van der Waals surface area contributed by atoms with Crippen molar-refractivity contribution in [3.05, 3.63) is 166 Å². The van der Waals surface area contributed by atoms with Crippen molar-refractivity contribution < 1.29 is 9.59 Å². The molecule has 0 aliphatic carbocycles. The zero-order valence-electron chi connectivity index (χ0n) is 26.3. The molecule has 4 nitrogen and oxygen atoms in total. The second-order valence-corrected chi connectivity index (χ2v) is 12.0. The summed E-state index contributed by atoms with van der Waals surface area (Å²) < 4.78 is 0. The molecule has 2 aliphatic rings. The van der Waals surface area contributed by atoms with Crippen LogP contribution in [0.25, 0.3) is 0 Å². The molecule has 2 aliphatic heterocycles. The van der Waals surface area contributed by atoms with E-state index >= 15 is 0 Å². The second-order valence-electron chi connectivity index (χ2n) is 12.0. The van der Waals surface area contributed by atoms with Crippen molar-refractivity contribution in [2.24, 2.45) is 0 Å². The number of rotatable bonds is 4. The Morgan fingerprint density at radius 1 is 0.568 bits per heavy atom. The molecule has 0 radical (unpaired) electrons. The highest BCUT2D eigenvalue weighted by Gasteiger charge is 2.31. The van der Waals surface area contributed by atoms with Crippen LogP contribution in [0.3, 0.4) is 0 Å². The highest BCUT2D eigenvalue weighted by molar-refractivity contribution is 5.88. The third-order valence-electron chi connectivity index (χ3n) is 9.15. The number of aryl methyl sites for hydroxylation is 4. The average Bonchev–Trinajstić information content (AvgIpc) is 3.04. The first-order valence-electron chi connectivity index (χ1n) is 15.3. The minimum atomic E-state index is 0.00532. The topological polar surface area (TPSA) is 40.6 Å². The number of benzene rings is 4. The lowest BCUT2D eigenvalue weighted by Crippen LogP contribution is -2.38. The van der Waals surface area contributed by atoms with E-state index in [0.29, 0.717) is 26.2 Å². The van der Waals surface area contributed by atoms with Gasteiger partial charge in [0.25, 0.3) is 0 Å². The van der Waals surface area contributed by atoms with Crippen LogP contribution in [0.1, 0.15) is 67.5 Å². The molecule has 0 spiro atoms. The summed E-state index contributed by atoms with van der Waals surface area (Å²) in [5.74, 6) is 0.474. The molecule has 6 rings (SSSR count). The number of carbonyl (C=O) groups excluding carboxylic acids is 2. The highest BCUT2D eigenvalue weighted by atomic mass is 16.2. The smallest absolute Gasteiger partial charge is 0.246 e. The molecule has 2 heterocycles. The van der Waals surface area contributed by atoms with Crippen LogP contribution < -0.4 is 0 Å². The van der Waals surface area contributed by atoms with Gasteiger partial charge < -0.3 is 9.80 Å². The Morgan fingerprint density at radius 3 is 1.30 bits per heavy atom. The van der Waals surface area contributed by atoms with Crippen LogP contribution in [0.2, 0.25) is 0 Å². The molecule has 0 fully saturated rings. The molecule has 4 heteroatoms. The molecule has 0 bridgehead atoms. The van der Waals surface area contributed by atoms with E-state index in [4.69, 9.17) is 0 Å². The number of carbonyl (C=O) groups is 2. The zero-order valence-corrected chi connectivity index (χ0v) is 26.3. The van der Waals surface area contributed by atoms with Crippen LogP contribution in [0.5, 0.6) is 0 Å². The van der Waals surface area contributed by atoms with Gasteiger partial charge >= 0.3 is 0 Å². The lowest BCUT2D eigenvalue weighted by Gasteiger charge is -2.36. The van der Waals surface area contributed by atoms with Gasteiger partial charge in [0.2, 0.25) is 11.8 Å². The van der Waals surface area contributed by atoms with Crippen LogP contribution in [0.4, 0.5) is 0 Å². The summed E-state index contributed by atoms with van der Waals surface area (Å²) in [6.07, 6.45) is 2.82. The monoisotopic (exact) mass is 582 g/mol. The molecule has 0 unspecified atom stereocenters. The van der Waals surface area contributed by atoms with Crippen molar-refractivity contribution in [1.29, 1.82) is 0 Å². The molecule has 2 amide bonds. The van der Waals surface area contributed by atoms with Gasteiger partial charge in [-0.3, -0.25) is 9.59 Å². The molecule has 0 saturated heterocycles. The van der Waals surface area contributed by atoms with Crippen molar-refractivity contribution >= 4 is 11.8 Å². The van der Waals surface area contributed by atoms with Gasteiger partial charge in [0.1, 0.15) is 0 Å². The fourth-order valence-electron chi connectivity index (χ4n) is 6.98. The molecule has 0 N–H and O–H groups in total. The summed E-state index contributed by atoms with van der Waals surface area (Å²) >= 11 is 0. The van der Waals surface area contributed by atoms with Gasteiger partial charge in [-0.15, -0.1) is 0 Å². The molecular formula is C40H42N2O2. The number of fused-ring (bicyclic) bond motifs is 2. The van der Waals surface area contributed by atoms with Gasteiger partial charge in [-0.2, -0.15) is 0 Å². The third-order valence-corrected chi connectivity index (χ3v) is 9.15. The quantitative estimate of drug-likeness (QED) is 0.229. The predicted octanol–water partition coefficient (Wildman–Crippen LogP) is 7.93. The maximum Gasteiger partial charge on any atom is 0.246 e. The van der Waals surface area contributed by atoms with Crippen LogP contribution in [-0.4, -0.2) is 34.7 Å². The number of nitrogens with zero attached hydrogens (tertiary/aromatic N) is 2. The summed E-state index contributed by atoms with van der Waals surface area (Å²) in [4.78, 5) is 28.1. The second kappa shape index (κ2) is 13.3. The van der Waals surface area contributed by atoms with Gasteiger partial charge in [0, 0.05) is 38.0 Å². The Hall–Kier alpha value is -4.70. The Morgan fingerprint density at radius 2 is 0.932 bits per heavy atom. The third kappa shape index (κ3) is 6.16. The van der Waals surface area contributed by atoms with Crippen molar-refractivity contribution in [3.8, 4) is 0 Å². The molecular weight excluding hydrogens is 540 g/mol. The van der Waals surface area contributed by atoms with Gasteiger partial charge in [0.05, 0.1) is 0 Å². The summed E-state index contributed by atoms with van der Waals surface area (Å²) in [6.45, 7) is 18.6. The van der Waals surface area contributed by atoms with E-state index in [0.717, 1.165) is 0 Å². The van der Waals surface area contributed by atoms with Gasteiger partial charge in [0.15, 0.2) is 0 Å². The van der Waals surface area contributed by atoms with Crippen LogP contribution in [0.15, 0.2) is 110 Å². The Labute approximate surface area is 262 Å². The first kappa shape index (κ1) is 30.7. The minimum Gasteiger partial charge on any atom is -0.334 e. The zero-order chi connectivity index (χ0) is 31.4. The Kier molecular flexibility index (Phi) is 9.29. The lowest BCUT2D eigenvalue weighted by molar-refractivity contribution is -0.127. The maximum atomic E-state index is 12.1. The summed E-state index contributed by atoms with van der Waals surface area (Å²) in [6, 6.07) is 29.7. The van der Waals surface area contributed by atoms with Gasteiger partial charge in [-0.1, -0.05) is 98.1 Å². The van der Waals surface area contributed by atoms with E-state index in [1.165, 1.54) is 67.8 Å². The molecule has 0 aromatic heterocycles. The van der Waals surface area contributed by atoms with E-state index in [9.17, 15) is 9.59 Å². The molecule has 2 atom stereocenters. The van der Waals surface area contributed by atoms with Crippen LogP contribution >= 0.6 is 0 Å². The van der Waals surface area contributed by atoms with E-state index in [-0.39, 0.29) is 23.7 Å². The standard InChI is InChI=1S/2C20H21NO/c2*1-4-19(22)21-12-16-10-7-9-15(3)20(16)18(13-21)17-11-6-5-8-14(17)2/h2*4-11,18H,1,12-13H2,2-3H3/t2*18-/m10/s1. The van der Waals surface area contributed by atoms with Gasteiger partial charge in [-0.05, 0) is 95.5 Å². The average molecular weight is 583 g/mol. The Bertz CT molecular complexity index is 1590. The molecule has 224 valence electrons. The Balaban J connectivity index is 0.000000175. The van der Waals surface area contributed by atoms with Crippen molar-refractivity contribution in [3.63, 3.8) is 0 Å². The minimum absolute atomic E-state index is 0.00532. The van der Waals surface area contributed by atoms with E-state index < -0.39 is 0 Å². The fraction of sp³-hybridized carbons (Fsp3) is 0.250. The largest absolute Gasteiger partial charge is 0.334 e. The first-order valence-corrected chi connectivity index (χ1v) is 15.3. The van der Waals surface area contributed by atoms with Crippen molar-refractivity contribution in [2.75, 3.05) is 13.1 Å². The normalized spacial score (nSPS) is 17.0. The molecule has 4 aromatic carbocycles. The molecule has 0 saturated carbocycles. The summed E-state index contributed by atoms with van der Waals surface area (Å²) in [5.41, 5.74) is 13.0. The van der Waals surface area contributed by atoms with Crippen LogP contribution in [-0.2, 0) is 22.7 Å². The highest BCUT2D eigenvalue weighted by Crippen LogP contribution is 2.38. The van der Waals surface area contributed by atoms with E-state index in [1.54, 1.807) is 0 Å². The summed E-state index contributed by atoms with van der Waals surface area (Å²) in [7, 11) is 0. The fourth-order valence-corrected chi connectivity index (χ4v) is 6.98. The first-order chi connectivity index (χ1) is 21.2. The van der Waals surface area contributed by atoms with E-state index in [1.807, 2.05) is 9.80 Å².